The van der Waals surface area contributed by atoms with Gasteiger partial charge in [0.25, 0.3) is 0 Å². The molecule has 1 unspecified atom stereocenters. The normalized spacial score (nSPS) is 22.6. The van der Waals surface area contributed by atoms with E-state index in [-0.39, 0.29) is 31.6 Å². The minimum Gasteiger partial charge on any atom is -0.489 e. The number of ether oxygens (including phenoxy) is 3. The molecule has 43 heavy (non-hydrogen) atoms. The number of halogens is 1. The van der Waals surface area contributed by atoms with Crippen molar-refractivity contribution >= 4 is 23.6 Å². The summed E-state index contributed by atoms with van der Waals surface area (Å²) < 4.78 is 17.3. The maximum Gasteiger partial charge on any atom is 0.410 e. The second kappa shape index (κ2) is 12.4. The van der Waals surface area contributed by atoms with Crippen LogP contribution in [-0.2, 0) is 16.0 Å². The van der Waals surface area contributed by atoms with Crippen molar-refractivity contribution in [3.05, 3.63) is 70.3 Å². The van der Waals surface area contributed by atoms with Gasteiger partial charge in [-0.3, -0.25) is 10.1 Å². The lowest BCUT2D eigenvalue weighted by Gasteiger charge is -2.40. The van der Waals surface area contributed by atoms with Gasteiger partial charge in [0.1, 0.15) is 42.1 Å². The van der Waals surface area contributed by atoms with Crippen molar-refractivity contribution in [2.24, 2.45) is 0 Å². The SMILES string of the molecule is CC(C)(C)OC(=O)N1CC(c2ccc3c(c2)C(O)N[C@H](C(=O)NC2(C#N)CC2)Cc2ccc(c(Cl)c2)OC/C=C/CO3)C1. The molecular formula is C32H37ClN4O6. The fourth-order valence-corrected chi connectivity index (χ4v) is 5.24. The Balaban J connectivity index is 1.40. The minimum absolute atomic E-state index is 0.0486. The van der Waals surface area contributed by atoms with Crippen LogP contribution in [0.3, 0.4) is 0 Å². The second-order valence-corrected chi connectivity index (χ2v) is 12.7. The Morgan fingerprint density at radius 2 is 1.79 bits per heavy atom. The molecule has 228 valence electrons. The van der Waals surface area contributed by atoms with Crippen LogP contribution in [0.15, 0.2) is 48.6 Å². The van der Waals surface area contributed by atoms with Crippen molar-refractivity contribution in [1.29, 1.82) is 5.26 Å². The van der Waals surface area contributed by atoms with Gasteiger partial charge >= 0.3 is 6.09 Å². The van der Waals surface area contributed by atoms with Crippen molar-refractivity contribution in [2.45, 2.75) is 69.4 Å². The molecule has 3 N–H and O–H groups in total. The number of nitriles is 1. The predicted octanol–water partition coefficient (Wildman–Crippen LogP) is 4.37. The summed E-state index contributed by atoms with van der Waals surface area (Å²) in [4.78, 5) is 27.5. The van der Waals surface area contributed by atoms with Gasteiger partial charge in [0.05, 0.1) is 17.1 Å². The Kier molecular flexibility index (Phi) is 8.88. The highest BCUT2D eigenvalue weighted by Gasteiger charge is 2.46. The highest BCUT2D eigenvalue weighted by molar-refractivity contribution is 6.32. The first kappa shape index (κ1) is 30.7. The summed E-state index contributed by atoms with van der Waals surface area (Å²) >= 11 is 6.46. The van der Waals surface area contributed by atoms with Gasteiger partial charge in [0.15, 0.2) is 0 Å². The highest BCUT2D eigenvalue weighted by Crippen LogP contribution is 2.36. The number of likely N-dealkylation sites (tertiary alicyclic amines) is 1. The lowest BCUT2D eigenvalue weighted by Crippen LogP contribution is -2.51. The molecule has 2 aromatic carbocycles. The van der Waals surface area contributed by atoms with Gasteiger partial charge in [-0.2, -0.15) is 5.26 Å². The van der Waals surface area contributed by atoms with Gasteiger partial charge < -0.3 is 29.5 Å². The largest absolute Gasteiger partial charge is 0.489 e. The predicted molar refractivity (Wildman–Crippen MR) is 160 cm³/mol. The molecule has 4 aliphatic rings. The molecule has 2 amide bonds. The van der Waals surface area contributed by atoms with Gasteiger partial charge in [-0.1, -0.05) is 23.7 Å². The molecule has 3 heterocycles. The number of aliphatic hydroxyl groups excluding tert-OH is 1. The van der Waals surface area contributed by atoms with E-state index < -0.39 is 29.3 Å². The van der Waals surface area contributed by atoms with Gasteiger partial charge in [0.2, 0.25) is 5.91 Å². The standard InChI is InChI=1S/C32H37ClN4O6/c1-31(2,3)43-30(40)37-17-22(18-37)21-7-9-26-23(16-21)28(38)35-25(29(39)36-32(19-34)10-11-32)15-20-6-8-27(24(33)14-20)42-13-5-4-12-41-26/h4-9,14,16,22,25,28,35,38H,10-13,15,17-18H2,1-3H3,(H,36,39)/b5-4+/t25-,28?/m0/s1. The number of rotatable bonds is 3. The fraction of sp³-hybridized carbons (Fsp3) is 0.469. The molecule has 6 rings (SSSR count). The quantitative estimate of drug-likeness (QED) is 0.438. The van der Waals surface area contributed by atoms with E-state index in [4.69, 9.17) is 25.8 Å². The Morgan fingerprint density at radius 3 is 2.42 bits per heavy atom. The van der Waals surface area contributed by atoms with Crippen LogP contribution in [0.4, 0.5) is 4.79 Å². The summed E-state index contributed by atoms with van der Waals surface area (Å²) in [7, 11) is 0. The lowest BCUT2D eigenvalue weighted by atomic mass is 9.90. The van der Waals surface area contributed by atoms with Crippen molar-refractivity contribution < 1.29 is 28.9 Å². The third-order valence-corrected chi connectivity index (χ3v) is 7.90. The summed E-state index contributed by atoms with van der Waals surface area (Å²) in [6.07, 6.45) is 3.36. The smallest absolute Gasteiger partial charge is 0.410 e. The molecule has 2 aromatic rings. The molecule has 0 aromatic heterocycles. The molecule has 11 heteroatoms. The zero-order chi connectivity index (χ0) is 30.8. The Hall–Kier alpha value is -3.78. The summed E-state index contributed by atoms with van der Waals surface area (Å²) in [5.41, 5.74) is 0.678. The molecule has 1 saturated heterocycles. The summed E-state index contributed by atoms with van der Waals surface area (Å²) in [5, 5.41) is 27.4. The number of nitrogens with zero attached hydrogens (tertiary/aromatic N) is 2. The monoisotopic (exact) mass is 608 g/mol. The molecule has 1 saturated carbocycles. The molecule has 0 radical (unpaired) electrons. The van der Waals surface area contributed by atoms with Crippen molar-refractivity contribution in [2.75, 3.05) is 26.3 Å². The van der Waals surface area contributed by atoms with Crippen molar-refractivity contribution in [1.82, 2.24) is 15.5 Å². The van der Waals surface area contributed by atoms with Crippen molar-refractivity contribution in [3.8, 4) is 17.6 Å². The lowest BCUT2D eigenvalue weighted by molar-refractivity contribution is -0.124. The van der Waals surface area contributed by atoms with Gasteiger partial charge in [-0.05, 0) is 87.6 Å². The van der Waals surface area contributed by atoms with Crippen molar-refractivity contribution in [3.63, 3.8) is 0 Å². The maximum absolute atomic E-state index is 13.4. The van der Waals surface area contributed by atoms with E-state index >= 15 is 0 Å². The van der Waals surface area contributed by atoms with E-state index in [9.17, 15) is 20.0 Å². The van der Waals surface area contributed by atoms with Crippen LogP contribution in [0.5, 0.6) is 11.5 Å². The third-order valence-electron chi connectivity index (χ3n) is 7.61. The fourth-order valence-electron chi connectivity index (χ4n) is 4.99. The topological polar surface area (TPSA) is 133 Å². The zero-order valence-electron chi connectivity index (χ0n) is 24.6. The Morgan fingerprint density at radius 1 is 1.12 bits per heavy atom. The number of benzene rings is 2. The number of aliphatic hydroxyl groups is 1. The van der Waals surface area contributed by atoms with Crippen LogP contribution < -0.4 is 20.1 Å². The second-order valence-electron chi connectivity index (χ2n) is 12.2. The van der Waals surface area contributed by atoms with E-state index in [0.717, 1.165) is 11.1 Å². The molecule has 10 nitrogen and oxygen atoms in total. The maximum atomic E-state index is 13.4. The summed E-state index contributed by atoms with van der Waals surface area (Å²) in [6, 6.07) is 12.2. The number of amides is 2. The first-order valence-corrected chi connectivity index (χ1v) is 14.8. The van der Waals surface area contributed by atoms with Crippen LogP contribution in [-0.4, -0.2) is 65.5 Å². The molecule has 1 aliphatic carbocycles. The Labute approximate surface area is 256 Å². The average molecular weight is 609 g/mol. The summed E-state index contributed by atoms with van der Waals surface area (Å²) in [6.45, 7) is 6.97. The van der Waals surface area contributed by atoms with Crippen LogP contribution in [0.2, 0.25) is 5.02 Å². The first-order valence-electron chi connectivity index (χ1n) is 14.4. The highest BCUT2D eigenvalue weighted by atomic mass is 35.5. The van der Waals surface area contributed by atoms with E-state index in [1.54, 1.807) is 23.1 Å². The average Bonchev–Trinajstić information content (AvgIpc) is 3.69. The van der Waals surface area contributed by atoms with E-state index in [1.807, 2.05) is 51.1 Å². The number of fused-ring (bicyclic) bond motifs is 9. The molecule has 0 spiro atoms. The van der Waals surface area contributed by atoms with E-state index in [1.165, 1.54) is 0 Å². The number of nitrogens with one attached hydrogen (secondary N) is 2. The number of hydrogen-bond acceptors (Lipinski definition) is 8. The molecule has 3 aliphatic heterocycles. The molecular weight excluding hydrogens is 572 g/mol. The number of carbonyl (C=O) groups excluding carboxylic acids is 2. The number of hydrogen-bond donors (Lipinski definition) is 3. The molecule has 2 fully saturated rings. The Bertz CT molecular complexity index is 1440. The van der Waals surface area contributed by atoms with Crippen LogP contribution in [0.25, 0.3) is 0 Å². The number of carbonyl (C=O) groups is 2. The van der Waals surface area contributed by atoms with Crippen LogP contribution in [0, 0.1) is 11.3 Å². The van der Waals surface area contributed by atoms with Crippen LogP contribution >= 0.6 is 11.6 Å². The van der Waals surface area contributed by atoms with Crippen LogP contribution in [0.1, 0.15) is 62.4 Å². The van der Waals surface area contributed by atoms with Gasteiger partial charge in [0, 0.05) is 24.6 Å². The third kappa shape index (κ3) is 7.60. The summed E-state index contributed by atoms with van der Waals surface area (Å²) in [5.74, 6) is 0.611. The molecule has 2 atom stereocenters. The van der Waals surface area contributed by atoms with Gasteiger partial charge in [-0.15, -0.1) is 0 Å². The van der Waals surface area contributed by atoms with E-state index in [0.29, 0.717) is 48.0 Å². The van der Waals surface area contributed by atoms with Gasteiger partial charge in [-0.25, -0.2) is 4.79 Å². The van der Waals surface area contributed by atoms with E-state index in [2.05, 4.69) is 16.7 Å². The first-order chi connectivity index (χ1) is 20.4. The minimum atomic E-state index is -1.28. The molecule has 2 bridgehead atoms. The zero-order valence-corrected chi connectivity index (χ0v) is 25.3.